The Kier molecular flexibility index (Phi) is 7.87. The molecule has 0 radical (unpaired) electrons. The maximum absolute atomic E-state index is 12.9. The monoisotopic (exact) mass is 476 g/mol. The standard InChI is InChI=1S/C27H24O8/c1-31-27-23(35-26(30)20-15-9-4-10-16-20)22(34-25(29)19-13-7-3-8-14-19)21(17-32-27)33-24(28)18-11-5-2-6-12-18/h2-16,21-23,27H,17H2,1H3/t21-,22-,23+,27-/m1/s1. The molecule has 1 heterocycles. The molecular weight excluding hydrogens is 452 g/mol. The molecule has 0 bridgehead atoms. The van der Waals surface area contributed by atoms with Crippen LogP contribution in [0.3, 0.4) is 0 Å². The van der Waals surface area contributed by atoms with Crippen LogP contribution in [0.2, 0.25) is 0 Å². The number of hydrogen-bond donors (Lipinski definition) is 0. The Hall–Kier alpha value is -4.01. The zero-order valence-corrected chi connectivity index (χ0v) is 18.9. The SMILES string of the molecule is CO[C@@H]1OC[C@@H](OC(=O)c2ccccc2)[C@@H](OC(=O)c2ccccc2)[C@@H]1OC(=O)c1ccccc1. The van der Waals surface area contributed by atoms with Crippen LogP contribution in [0.25, 0.3) is 0 Å². The summed E-state index contributed by atoms with van der Waals surface area (Å²) in [6.07, 6.45) is -4.51. The minimum absolute atomic E-state index is 0.136. The zero-order valence-electron chi connectivity index (χ0n) is 18.9. The van der Waals surface area contributed by atoms with Crippen molar-refractivity contribution >= 4 is 17.9 Å². The molecular formula is C27H24O8. The molecule has 1 saturated heterocycles. The predicted molar refractivity (Wildman–Crippen MR) is 124 cm³/mol. The summed E-state index contributed by atoms with van der Waals surface area (Å²) >= 11 is 0. The van der Waals surface area contributed by atoms with Crippen molar-refractivity contribution < 1.29 is 38.1 Å². The van der Waals surface area contributed by atoms with Gasteiger partial charge in [-0.25, -0.2) is 14.4 Å². The molecule has 0 spiro atoms. The molecule has 1 aliphatic heterocycles. The lowest BCUT2D eigenvalue weighted by molar-refractivity contribution is -0.260. The highest BCUT2D eigenvalue weighted by atomic mass is 16.7. The lowest BCUT2D eigenvalue weighted by atomic mass is 10.0. The van der Waals surface area contributed by atoms with E-state index in [2.05, 4.69) is 0 Å². The average Bonchev–Trinajstić information content (AvgIpc) is 2.91. The molecule has 0 saturated carbocycles. The van der Waals surface area contributed by atoms with Gasteiger partial charge in [0.05, 0.1) is 23.3 Å². The van der Waals surface area contributed by atoms with Gasteiger partial charge in [0.25, 0.3) is 0 Å². The summed E-state index contributed by atoms with van der Waals surface area (Å²) in [7, 11) is 1.38. The van der Waals surface area contributed by atoms with Crippen molar-refractivity contribution in [3.8, 4) is 0 Å². The summed E-state index contributed by atoms with van der Waals surface area (Å²) in [4.78, 5) is 38.5. The molecule has 8 heteroatoms. The van der Waals surface area contributed by atoms with Crippen LogP contribution in [0, 0.1) is 0 Å². The first-order valence-electron chi connectivity index (χ1n) is 11.0. The highest BCUT2D eigenvalue weighted by Crippen LogP contribution is 2.27. The van der Waals surface area contributed by atoms with Crippen molar-refractivity contribution in [2.24, 2.45) is 0 Å². The first kappa shape index (κ1) is 24.1. The van der Waals surface area contributed by atoms with Crippen LogP contribution in [-0.2, 0) is 23.7 Å². The molecule has 0 aromatic heterocycles. The van der Waals surface area contributed by atoms with E-state index in [1.165, 1.54) is 7.11 Å². The Morgan fingerprint density at radius 2 is 1.03 bits per heavy atom. The average molecular weight is 476 g/mol. The van der Waals surface area contributed by atoms with Crippen LogP contribution < -0.4 is 0 Å². The lowest BCUT2D eigenvalue weighted by Crippen LogP contribution is -2.58. The number of esters is 3. The molecule has 0 N–H and O–H groups in total. The minimum atomic E-state index is -1.21. The summed E-state index contributed by atoms with van der Waals surface area (Å²) < 4.78 is 28.1. The van der Waals surface area contributed by atoms with E-state index in [-0.39, 0.29) is 12.2 Å². The number of carbonyl (C=O) groups excluding carboxylic acids is 3. The van der Waals surface area contributed by atoms with E-state index in [1.807, 2.05) is 0 Å². The van der Waals surface area contributed by atoms with Crippen LogP contribution in [0.1, 0.15) is 31.1 Å². The molecule has 35 heavy (non-hydrogen) atoms. The normalized spacial score (nSPS) is 21.5. The van der Waals surface area contributed by atoms with Crippen molar-refractivity contribution in [2.75, 3.05) is 13.7 Å². The first-order chi connectivity index (χ1) is 17.1. The lowest BCUT2D eigenvalue weighted by Gasteiger charge is -2.40. The summed E-state index contributed by atoms with van der Waals surface area (Å²) in [6.45, 7) is -0.136. The van der Waals surface area contributed by atoms with Gasteiger partial charge in [0.2, 0.25) is 0 Å². The van der Waals surface area contributed by atoms with Crippen molar-refractivity contribution in [1.29, 1.82) is 0 Å². The Balaban J connectivity index is 1.62. The smallest absolute Gasteiger partial charge is 0.338 e. The Labute approximate surface area is 202 Å². The third kappa shape index (κ3) is 5.92. The molecule has 3 aromatic carbocycles. The first-order valence-corrected chi connectivity index (χ1v) is 11.0. The third-order valence-electron chi connectivity index (χ3n) is 5.39. The van der Waals surface area contributed by atoms with E-state index in [4.69, 9.17) is 23.7 Å². The molecule has 8 nitrogen and oxygen atoms in total. The predicted octanol–water partition coefficient (Wildman–Crippen LogP) is 3.67. The molecule has 1 aliphatic rings. The van der Waals surface area contributed by atoms with E-state index in [1.54, 1.807) is 91.0 Å². The fraction of sp³-hybridized carbons (Fsp3) is 0.222. The fourth-order valence-corrected chi connectivity index (χ4v) is 3.63. The molecule has 4 atom stereocenters. The van der Waals surface area contributed by atoms with Crippen LogP contribution in [0.4, 0.5) is 0 Å². The Morgan fingerprint density at radius 1 is 0.629 bits per heavy atom. The number of rotatable bonds is 7. The van der Waals surface area contributed by atoms with Gasteiger partial charge < -0.3 is 23.7 Å². The Morgan fingerprint density at radius 3 is 1.46 bits per heavy atom. The maximum atomic E-state index is 12.9. The number of carbonyl (C=O) groups is 3. The van der Waals surface area contributed by atoms with Crippen LogP contribution >= 0.6 is 0 Å². The van der Waals surface area contributed by atoms with Gasteiger partial charge in [0, 0.05) is 7.11 Å². The van der Waals surface area contributed by atoms with Gasteiger partial charge in [-0.3, -0.25) is 0 Å². The zero-order chi connectivity index (χ0) is 24.6. The van der Waals surface area contributed by atoms with Gasteiger partial charge in [0.1, 0.15) is 0 Å². The van der Waals surface area contributed by atoms with E-state index < -0.39 is 42.5 Å². The van der Waals surface area contributed by atoms with Crippen molar-refractivity contribution in [1.82, 2.24) is 0 Å². The molecule has 0 amide bonds. The minimum Gasteiger partial charge on any atom is -0.452 e. The second kappa shape index (κ2) is 11.4. The molecule has 180 valence electrons. The van der Waals surface area contributed by atoms with E-state index in [0.717, 1.165) is 0 Å². The van der Waals surface area contributed by atoms with Crippen molar-refractivity contribution in [3.05, 3.63) is 108 Å². The largest absolute Gasteiger partial charge is 0.452 e. The van der Waals surface area contributed by atoms with Crippen LogP contribution in [-0.4, -0.2) is 56.2 Å². The molecule has 3 aromatic rings. The summed E-state index contributed by atoms with van der Waals surface area (Å²) in [5.41, 5.74) is 0.889. The quantitative estimate of drug-likeness (QED) is 0.376. The summed E-state index contributed by atoms with van der Waals surface area (Å²) in [5.74, 6) is -1.98. The maximum Gasteiger partial charge on any atom is 0.338 e. The highest BCUT2D eigenvalue weighted by Gasteiger charge is 2.48. The molecule has 0 aliphatic carbocycles. The topological polar surface area (TPSA) is 97.4 Å². The van der Waals surface area contributed by atoms with Gasteiger partial charge in [0.15, 0.2) is 24.6 Å². The Bertz CT molecular complexity index is 1130. The molecule has 1 fully saturated rings. The molecule has 4 rings (SSSR count). The highest BCUT2D eigenvalue weighted by molar-refractivity contribution is 5.91. The van der Waals surface area contributed by atoms with Crippen molar-refractivity contribution in [2.45, 2.75) is 24.6 Å². The number of benzene rings is 3. The fourth-order valence-electron chi connectivity index (χ4n) is 3.63. The second-order valence-electron chi connectivity index (χ2n) is 7.72. The number of methoxy groups -OCH3 is 1. The van der Waals surface area contributed by atoms with Gasteiger partial charge in [-0.15, -0.1) is 0 Å². The van der Waals surface area contributed by atoms with Crippen molar-refractivity contribution in [3.63, 3.8) is 0 Å². The second-order valence-corrected chi connectivity index (χ2v) is 7.72. The number of hydrogen-bond acceptors (Lipinski definition) is 8. The van der Waals surface area contributed by atoms with Gasteiger partial charge >= 0.3 is 17.9 Å². The van der Waals surface area contributed by atoms with Gasteiger partial charge in [-0.05, 0) is 36.4 Å². The van der Waals surface area contributed by atoms with Crippen LogP contribution in [0.15, 0.2) is 91.0 Å². The van der Waals surface area contributed by atoms with E-state index in [9.17, 15) is 14.4 Å². The molecule has 0 unspecified atom stereocenters. The number of ether oxygens (including phenoxy) is 5. The summed E-state index contributed by atoms with van der Waals surface area (Å²) in [5, 5.41) is 0. The summed E-state index contributed by atoms with van der Waals surface area (Å²) in [6, 6.07) is 25.0. The van der Waals surface area contributed by atoms with Crippen LogP contribution in [0.5, 0.6) is 0 Å². The van der Waals surface area contributed by atoms with Gasteiger partial charge in [-0.1, -0.05) is 54.6 Å². The third-order valence-corrected chi connectivity index (χ3v) is 5.39. The van der Waals surface area contributed by atoms with E-state index in [0.29, 0.717) is 11.1 Å². The van der Waals surface area contributed by atoms with Gasteiger partial charge in [-0.2, -0.15) is 0 Å². The van der Waals surface area contributed by atoms with E-state index >= 15 is 0 Å².